The standard InChI is InChI=1S/C24H26N3O.K/c25-14-15-26-18-20-10-12-23(13-11-20)27-24(28)17-22-9-5-4-8-21(22)16-19-6-2-1-3-7-19;/h1-13H,14-18,25H2,(H,27,28);/q-1;+1. The van der Waals surface area contributed by atoms with Crippen LogP contribution in [0.3, 0.4) is 0 Å². The third kappa shape index (κ3) is 8.14. The first kappa shape index (κ1) is 24.0. The minimum absolute atomic E-state index is 0. The van der Waals surface area contributed by atoms with Gasteiger partial charge in [0, 0.05) is 5.69 Å². The van der Waals surface area contributed by atoms with Crippen molar-refractivity contribution in [2.24, 2.45) is 5.73 Å². The number of rotatable bonds is 9. The van der Waals surface area contributed by atoms with Gasteiger partial charge < -0.3 is 16.4 Å². The Hall–Kier alpha value is -1.31. The zero-order valence-electron chi connectivity index (χ0n) is 17.0. The maximum atomic E-state index is 12.5. The van der Waals surface area contributed by atoms with Gasteiger partial charge in [-0.05, 0) is 41.8 Å². The van der Waals surface area contributed by atoms with E-state index >= 15 is 0 Å². The Morgan fingerprint density at radius 2 is 1.48 bits per heavy atom. The molecule has 29 heavy (non-hydrogen) atoms. The summed E-state index contributed by atoms with van der Waals surface area (Å²) in [4.78, 5) is 12.5. The number of nitrogens with one attached hydrogen (secondary N) is 1. The van der Waals surface area contributed by atoms with E-state index in [9.17, 15) is 4.79 Å². The van der Waals surface area contributed by atoms with Gasteiger partial charge in [0.05, 0.1) is 6.42 Å². The predicted octanol–water partition coefficient (Wildman–Crippen LogP) is 1.29. The Balaban J connectivity index is 0.00000300. The molecule has 0 atom stereocenters. The van der Waals surface area contributed by atoms with Gasteiger partial charge in [-0.25, -0.2) is 0 Å². The van der Waals surface area contributed by atoms with E-state index in [0.717, 1.165) is 23.2 Å². The normalized spacial score (nSPS) is 10.2. The number of hydrogen-bond acceptors (Lipinski definition) is 2. The zero-order valence-corrected chi connectivity index (χ0v) is 20.1. The van der Waals surface area contributed by atoms with Crippen LogP contribution >= 0.6 is 0 Å². The molecule has 0 aromatic heterocycles. The second kappa shape index (κ2) is 13.1. The van der Waals surface area contributed by atoms with Crippen LogP contribution in [0.4, 0.5) is 5.69 Å². The van der Waals surface area contributed by atoms with Crippen molar-refractivity contribution in [2.75, 3.05) is 18.4 Å². The van der Waals surface area contributed by atoms with Crippen LogP contribution in [0.1, 0.15) is 22.3 Å². The number of hydrogen-bond donors (Lipinski definition) is 2. The molecule has 0 aliphatic carbocycles. The van der Waals surface area contributed by atoms with Crippen molar-refractivity contribution in [3.63, 3.8) is 0 Å². The van der Waals surface area contributed by atoms with Crippen molar-refractivity contribution in [3.05, 3.63) is 106 Å². The van der Waals surface area contributed by atoms with Crippen LogP contribution < -0.4 is 62.4 Å². The summed E-state index contributed by atoms with van der Waals surface area (Å²) in [6, 6.07) is 26.2. The molecule has 3 N–H and O–H groups in total. The second-order valence-corrected chi connectivity index (χ2v) is 6.75. The maximum Gasteiger partial charge on any atom is 1.00 e. The molecule has 0 bridgehead atoms. The fourth-order valence-corrected chi connectivity index (χ4v) is 3.09. The molecule has 0 saturated heterocycles. The Bertz CT molecular complexity index is 882. The van der Waals surface area contributed by atoms with Gasteiger partial charge in [0.25, 0.3) is 0 Å². The van der Waals surface area contributed by atoms with Crippen LogP contribution in [-0.2, 0) is 24.2 Å². The molecule has 0 aliphatic rings. The fourth-order valence-electron chi connectivity index (χ4n) is 3.09. The van der Waals surface area contributed by atoms with Crippen molar-refractivity contribution in [3.8, 4) is 0 Å². The van der Waals surface area contributed by atoms with Gasteiger partial charge in [-0.1, -0.05) is 72.3 Å². The first-order chi connectivity index (χ1) is 13.7. The molecule has 0 spiro atoms. The Morgan fingerprint density at radius 3 is 2.17 bits per heavy atom. The van der Waals surface area contributed by atoms with Crippen molar-refractivity contribution < 1.29 is 56.2 Å². The van der Waals surface area contributed by atoms with E-state index in [4.69, 9.17) is 5.73 Å². The van der Waals surface area contributed by atoms with E-state index < -0.39 is 0 Å². The molecule has 5 heteroatoms. The van der Waals surface area contributed by atoms with Crippen LogP contribution in [0.25, 0.3) is 5.32 Å². The minimum atomic E-state index is -0.0129. The van der Waals surface area contributed by atoms with Crippen LogP contribution in [0.2, 0.25) is 0 Å². The Morgan fingerprint density at radius 1 is 0.828 bits per heavy atom. The van der Waals surface area contributed by atoms with Gasteiger partial charge >= 0.3 is 51.4 Å². The monoisotopic (exact) mass is 411 g/mol. The molecule has 0 fully saturated rings. The summed E-state index contributed by atoms with van der Waals surface area (Å²) in [5.74, 6) is -0.0129. The molecule has 3 aromatic carbocycles. The van der Waals surface area contributed by atoms with E-state index in [1.54, 1.807) is 0 Å². The second-order valence-electron chi connectivity index (χ2n) is 6.75. The van der Waals surface area contributed by atoms with E-state index in [1.807, 2.05) is 60.7 Å². The number of nitrogens with two attached hydrogens (primary N) is 1. The minimum Gasteiger partial charge on any atom is -0.657 e. The number of anilines is 1. The number of amides is 1. The van der Waals surface area contributed by atoms with E-state index in [0.29, 0.717) is 26.1 Å². The topological polar surface area (TPSA) is 69.2 Å². The average molecular weight is 412 g/mol. The molecular weight excluding hydrogens is 385 g/mol. The summed E-state index contributed by atoms with van der Waals surface area (Å²) in [5, 5.41) is 7.32. The van der Waals surface area contributed by atoms with Crippen molar-refractivity contribution >= 4 is 11.6 Å². The number of carbonyl (C=O) groups is 1. The first-order valence-electron chi connectivity index (χ1n) is 9.57. The van der Waals surface area contributed by atoms with Gasteiger partial charge in [-0.3, -0.25) is 4.79 Å². The number of carbonyl (C=O) groups excluding carboxylic acids is 1. The van der Waals surface area contributed by atoms with Crippen molar-refractivity contribution in [1.29, 1.82) is 0 Å². The third-order valence-electron chi connectivity index (χ3n) is 4.53. The molecule has 3 rings (SSSR count). The van der Waals surface area contributed by atoms with E-state index in [-0.39, 0.29) is 57.3 Å². The van der Waals surface area contributed by atoms with Gasteiger partial charge in [-0.15, -0.1) is 13.1 Å². The van der Waals surface area contributed by atoms with Crippen LogP contribution in [-0.4, -0.2) is 19.0 Å². The molecule has 0 radical (unpaired) electrons. The molecule has 4 nitrogen and oxygen atoms in total. The molecule has 0 saturated carbocycles. The summed E-state index contributed by atoms with van der Waals surface area (Å²) >= 11 is 0. The Labute approximate surface area is 215 Å². The molecule has 0 unspecified atom stereocenters. The summed E-state index contributed by atoms with van der Waals surface area (Å²) < 4.78 is 0. The molecule has 0 heterocycles. The largest absolute Gasteiger partial charge is 1.00 e. The molecule has 3 aromatic rings. The molecule has 144 valence electrons. The fraction of sp³-hybridized carbons (Fsp3) is 0.208. The van der Waals surface area contributed by atoms with E-state index in [2.05, 4.69) is 28.8 Å². The summed E-state index contributed by atoms with van der Waals surface area (Å²) in [6.07, 6.45) is 1.18. The first-order valence-corrected chi connectivity index (χ1v) is 9.57. The van der Waals surface area contributed by atoms with Crippen molar-refractivity contribution in [1.82, 2.24) is 0 Å². The summed E-state index contributed by atoms with van der Waals surface area (Å²) in [6.45, 7) is 1.89. The Kier molecular flexibility index (Phi) is 10.8. The van der Waals surface area contributed by atoms with Crippen molar-refractivity contribution in [2.45, 2.75) is 19.4 Å². The smallest absolute Gasteiger partial charge is 0.657 e. The van der Waals surface area contributed by atoms with Gasteiger partial charge in [-0.2, -0.15) is 0 Å². The van der Waals surface area contributed by atoms with Gasteiger partial charge in [0.1, 0.15) is 0 Å². The molecule has 0 aliphatic heterocycles. The summed E-state index contributed by atoms with van der Waals surface area (Å²) in [7, 11) is 0. The third-order valence-corrected chi connectivity index (χ3v) is 4.53. The number of nitrogens with zero attached hydrogens (tertiary/aromatic N) is 1. The summed E-state index contributed by atoms with van der Waals surface area (Å²) in [5.41, 5.74) is 10.8. The van der Waals surface area contributed by atoms with Gasteiger partial charge in [0.15, 0.2) is 0 Å². The maximum absolute atomic E-state index is 12.5. The van der Waals surface area contributed by atoms with Crippen LogP contribution in [0, 0.1) is 0 Å². The average Bonchev–Trinajstić information content (AvgIpc) is 2.72. The molecular formula is C24H26KN3O. The van der Waals surface area contributed by atoms with E-state index in [1.165, 1.54) is 11.1 Å². The number of benzene rings is 3. The van der Waals surface area contributed by atoms with Crippen LogP contribution in [0.5, 0.6) is 0 Å². The van der Waals surface area contributed by atoms with Crippen LogP contribution in [0.15, 0.2) is 78.9 Å². The predicted molar refractivity (Wildman–Crippen MR) is 115 cm³/mol. The van der Waals surface area contributed by atoms with Gasteiger partial charge in [0.2, 0.25) is 5.91 Å². The quantitative estimate of drug-likeness (QED) is 0.412. The zero-order chi connectivity index (χ0) is 19.6. The molecule has 1 amide bonds. The SMILES string of the molecule is NCC[N-]Cc1ccc(NC(=O)Cc2ccccc2Cc2ccccc2)cc1.[K+].